The van der Waals surface area contributed by atoms with Crippen molar-refractivity contribution in [1.82, 2.24) is 25.5 Å². The number of hydrogen-bond donors (Lipinski definition) is 2. The first kappa shape index (κ1) is 21.2. The highest BCUT2D eigenvalue weighted by Crippen LogP contribution is 2.36. The fourth-order valence-corrected chi connectivity index (χ4v) is 3.56. The van der Waals surface area contributed by atoms with Gasteiger partial charge < -0.3 is 10.2 Å². The van der Waals surface area contributed by atoms with Gasteiger partial charge in [-0.25, -0.2) is 18.7 Å². The van der Waals surface area contributed by atoms with E-state index in [0.29, 0.717) is 22.0 Å². The number of alkyl halides is 2. The number of aromatic amines is 1. The molecule has 0 spiro atoms. The van der Waals surface area contributed by atoms with Gasteiger partial charge in [-0.3, -0.25) is 9.89 Å². The fourth-order valence-electron chi connectivity index (χ4n) is 3.37. The number of anilines is 1. The van der Waals surface area contributed by atoms with E-state index in [2.05, 4.69) is 25.5 Å². The van der Waals surface area contributed by atoms with E-state index in [4.69, 9.17) is 11.6 Å². The molecule has 31 heavy (non-hydrogen) atoms. The first-order valence-electron chi connectivity index (χ1n) is 9.65. The van der Waals surface area contributed by atoms with Crippen LogP contribution in [0.4, 0.5) is 14.6 Å². The molecule has 0 atom stereocenters. The van der Waals surface area contributed by atoms with E-state index >= 15 is 0 Å². The lowest BCUT2D eigenvalue weighted by Crippen LogP contribution is -2.57. The van der Waals surface area contributed by atoms with Gasteiger partial charge in [-0.1, -0.05) is 23.7 Å². The standard InChI is InChI=1S/C21H21ClF2N6O/c1-12-7-16(29-28-12)20(2,3)27-19(31)15-9-25-18(30-10-21(23,24)11-30)17(26-15)13-5-4-6-14(22)8-13/h4-9H,10-11H2,1-3H3,(H,27,31)(H,28,29). The van der Waals surface area contributed by atoms with Gasteiger partial charge in [0.05, 0.1) is 30.5 Å². The summed E-state index contributed by atoms with van der Waals surface area (Å²) in [4.78, 5) is 23.2. The molecule has 2 N–H and O–H groups in total. The predicted octanol–water partition coefficient (Wildman–Crippen LogP) is 3.95. The van der Waals surface area contributed by atoms with Crippen LogP contribution in [0.15, 0.2) is 36.5 Å². The number of aromatic nitrogens is 4. The van der Waals surface area contributed by atoms with Gasteiger partial charge in [0.25, 0.3) is 11.8 Å². The highest BCUT2D eigenvalue weighted by Gasteiger charge is 2.45. The third kappa shape index (κ3) is 4.36. The summed E-state index contributed by atoms with van der Waals surface area (Å²) in [5.41, 5.74) is 1.74. The second kappa shape index (κ2) is 7.56. The second-order valence-corrected chi connectivity index (χ2v) is 8.60. The van der Waals surface area contributed by atoms with E-state index in [0.717, 1.165) is 5.69 Å². The van der Waals surface area contributed by atoms with Crippen LogP contribution in [0.1, 0.15) is 35.7 Å². The van der Waals surface area contributed by atoms with E-state index in [-0.39, 0.29) is 11.5 Å². The summed E-state index contributed by atoms with van der Waals surface area (Å²) >= 11 is 6.11. The van der Waals surface area contributed by atoms with Crippen molar-refractivity contribution in [2.45, 2.75) is 32.2 Å². The molecule has 0 unspecified atom stereocenters. The molecule has 0 aliphatic carbocycles. The van der Waals surface area contributed by atoms with Crippen LogP contribution in [0.3, 0.4) is 0 Å². The molecule has 1 amide bonds. The van der Waals surface area contributed by atoms with E-state index in [1.807, 2.05) is 26.8 Å². The van der Waals surface area contributed by atoms with Crippen molar-refractivity contribution in [3.05, 3.63) is 58.6 Å². The average molecular weight is 447 g/mol. The van der Waals surface area contributed by atoms with Gasteiger partial charge in [0.15, 0.2) is 5.82 Å². The molecule has 1 fully saturated rings. The molecule has 3 heterocycles. The van der Waals surface area contributed by atoms with Gasteiger partial charge >= 0.3 is 0 Å². The van der Waals surface area contributed by atoms with Gasteiger partial charge in [0.2, 0.25) is 0 Å². The van der Waals surface area contributed by atoms with E-state index in [1.165, 1.54) is 11.1 Å². The Kier molecular flexibility index (Phi) is 5.17. The number of rotatable bonds is 5. The molecule has 1 aliphatic rings. The van der Waals surface area contributed by atoms with Gasteiger partial charge in [-0.2, -0.15) is 5.10 Å². The minimum atomic E-state index is -2.77. The Morgan fingerprint density at radius 2 is 2.03 bits per heavy atom. The minimum Gasteiger partial charge on any atom is -0.343 e. The Hall–Kier alpha value is -3.07. The molecular weight excluding hydrogens is 426 g/mol. The number of amides is 1. The monoisotopic (exact) mass is 446 g/mol. The maximum Gasteiger partial charge on any atom is 0.282 e. The maximum atomic E-state index is 13.4. The number of benzene rings is 1. The number of carbonyl (C=O) groups is 1. The van der Waals surface area contributed by atoms with Crippen molar-refractivity contribution in [2.75, 3.05) is 18.0 Å². The highest BCUT2D eigenvalue weighted by atomic mass is 35.5. The Labute approximate surface area is 182 Å². The predicted molar refractivity (Wildman–Crippen MR) is 113 cm³/mol. The largest absolute Gasteiger partial charge is 0.343 e. The molecule has 0 saturated carbocycles. The summed E-state index contributed by atoms with van der Waals surface area (Å²) in [6, 6.07) is 8.67. The van der Waals surface area contributed by atoms with Crippen molar-refractivity contribution < 1.29 is 13.6 Å². The molecule has 7 nitrogen and oxygen atoms in total. The minimum absolute atomic E-state index is 0.0614. The van der Waals surface area contributed by atoms with E-state index in [1.54, 1.807) is 24.3 Å². The van der Waals surface area contributed by atoms with Crippen LogP contribution in [0, 0.1) is 6.92 Å². The molecule has 10 heteroatoms. The number of hydrogen-bond acceptors (Lipinski definition) is 5. The third-order valence-electron chi connectivity index (χ3n) is 5.00. The fraction of sp³-hybridized carbons (Fsp3) is 0.333. The van der Waals surface area contributed by atoms with E-state index < -0.39 is 30.5 Å². The summed E-state index contributed by atoms with van der Waals surface area (Å²) in [5, 5.41) is 10.4. The lowest BCUT2D eigenvalue weighted by molar-refractivity contribution is -0.0266. The zero-order valence-electron chi connectivity index (χ0n) is 17.2. The molecule has 1 aromatic carbocycles. The SMILES string of the molecule is Cc1cc(C(C)(C)NC(=O)c2cnc(N3CC(F)(F)C3)c(-c3cccc(Cl)c3)n2)n[nH]1. The van der Waals surface area contributed by atoms with Crippen LogP contribution < -0.4 is 10.2 Å². The van der Waals surface area contributed by atoms with Crippen LogP contribution in [0.2, 0.25) is 5.02 Å². The highest BCUT2D eigenvalue weighted by molar-refractivity contribution is 6.30. The number of nitrogens with one attached hydrogen (secondary N) is 2. The van der Waals surface area contributed by atoms with Crippen molar-refractivity contribution in [2.24, 2.45) is 0 Å². The summed E-state index contributed by atoms with van der Waals surface area (Å²) in [6.07, 6.45) is 1.29. The summed E-state index contributed by atoms with van der Waals surface area (Å²) in [7, 11) is 0. The lowest BCUT2D eigenvalue weighted by Gasteiger charge is -2.40. The van der Waals surface area contributed by atoms with Crippen molar-refractivity contribution in [3.63, 3.8) is 0 Å². The van der Waals surface area contributed by atoms with Gasteiger partial charge in [-0.05, 0) is 39.0 Å². The van der Waals surface area contributed by atoms with Gasteiger partial charge in [0, 0.05) is 16.3 Å². The first-order chi connectivity index (χ1) is 14.5. The molecular formula is C21H21ClF2N6O. The third-order valence-corrected chi connectivity index (χ3v) is 5.24. The molecule has 0 radical (unpaired) electrons. The number of aryl methyl sites for hydroxylation is 1. The zero-order valence-corrected chi connectivity index (χ0v) is 18.0. The molecule has 0 bridgehead atoms. The van der Waals surface area contributed by atoms with Crippen LogP contribution in [-0.2, 0) is 5.54 Å². The van der Waals surface area contributed by atoms with Crippen molar-refractivity contribution in [3.8, 4) is 11.3 Å². The molecule has 1 saturated heterocycles. The molecule has 1 aliphatic heterocycles. The normalized spacial score (nSPS) is 15.5. The average Bonchev–Trinajstić information content (AvgIpc) is 3.12. The van der Waals surface area contributed by atoms with Crippen LogP contribution >= 0.6 is 11.6 Å². The number of carbonyl (C=O) groups excluding carboxylic acids is 1. The summed E-state index contributed by atoms with van der Waals surface area (Å²) < 4.78 is 26.9. The second-order valence-electron chi connectivity index (χ2n) is 8.17. The molecule has 162 valence electrons. The number of halogens is 3. The van der Waals surface area contributed by atoms with E-state index in [9.17, 15) is 13.6 Å². The first-order valence-corrected chi connectivity index (χ1v) is 10.0. The molecule has 3 aromatic rings. The van der Waals surface area contributed by atoms with Crippen LogP contribution in [-0.4, -0.2) is 45.1 Å². The Morgan fingerprint density at radius 1 is 1.29 bits per heavy atom. The smallest absolute Gasteiger partial charge is 0.282 e. The number of H-pyrrole nitrogens is 1. The molecule has 4 rings (SSSR count). The summed E-state index contributed by atoms with van der Waals surface area (Å²) in [6.45, 7) is 4.61. The molecule has 2 aromatic heterocycles. The topological polar surface area (TPSA) is 86.8 Å². The maximum absolute atomic E-state index is 13.4. The van der Waals surface area contributed by atoms with Gasteiger partial charge in [0.1, 0.15) is 11.4 Å². The quantitative estimate of drug-likeness (QED) is 0.619. The lowest BCUT2D eigenvalue weighted by atomic mass is 10.00. The van der Waals surface area contributed by atoms with Gasteiger partial charge in [-0.15, -0.1) is 0 Å². The number of nitrogens with zero attached hydrogens (tertiary/aromatic N) is 4. The van der Waals surface area contributed by atoms with Crippen molar-refractivity contribution in [1.29, 1.82) is 0 Å². The Balaban J connectivity index is 1.67. The van der Waals surface area contributed by atoms with Crippen LogP contribution in [0.25, 0.3) is 11.3 Å². The van der Waals surface area contributed by atoms with Crippen LogP contribution in [0.5, 0.6) is 0 Å². The zero-order chi connectivity index (χ0) is 22.4. The Bertz CT molecular complexity index is 1140. The van der Waals surface area contributed by atoms with Crippen molar-refractivity contribution >= 4 is 23.3 Å². The Morgan fingerprint density at radius 3 is 2.65 bits per heavy atom. The summed E-state index contributed by atoms with van der Waals surface area (Å²) in [5.74, 6) is -2.94.